The Morgan fingerprint density at radius 3 is 2.69 bits per heavy atom. The van der Waals surface area contributed by atoms with Crippen LogP contribution in [0.15, 0.2) is 24.3 Å². The zero-order chi connectivity index (χ0) is 11.4. The zero-order valence-electron chi connectivity index (χ0n) is 9.15. The minimum atomic E-state index is -0.703. The molecule has 84 valence electrons. The van der Waals surface area contributed by atoms with Crippen molar-refractivity contribution in [3.05, 3.63) is 35.4 Å². The zero-order valence-corrected chi connectivity index (χ0v) is 9.15. The van der Waals surface area contributed by atoms with Crippen molar-refractivity contribution < 1.29 is 9.84 Å². The van der Waals surface area contributed by atoms with Crippen LogP contribution in [0.25, 0.3) is 0 Å². The van der Waals surface area contributed by atoms with Crippen LogP contribution in [-0.2, 0) is 11.2 Å². The van der Waals surface area contributed by atoms with E-state index in [1.54, 1.807) is 6.07 Å². The average molecular weight is 217 g/mol. The molecule has 1 aromatic rings. The van der Waals surface area contributed by atoms with Crippen molar-refractivity contribution in [2.45, 2.75) is 24.9 Å². The van der Waals surface area contributed by atoms with Crippen LogP contribution in [0.4, 0.5) is 0 Å². The number of nitrogens with zero attached hydrogens (tertiary/aromatic N) is 1. The van der Waals surface area contributed by atoms with Crippen LogP contribution in [0.3, 0.4) is 0 Å². The molecule has 0 aliphatic carbocycles. The maximum Gasteiger partial charge on any atom is 0.0994 e. The molecule has 1 aromatic carbocycles. The molecule has 0 spiro atoms. The van der Waals surface area contributed by atoms with Gasteiger partial charge in [-0.25, -0.2) is 0 Å². The van der Waals surface area contributed by atoms with Crippen molar-refractivity contribution in [2.24, 2.45) is 0 Å². The minimum absolute atomic E-state index is 0.542. The first-order valence-corrected chi connectivity index (χ1v) is 5.52. The van der Waals surface area contributed by atoms with Crippen LogP contribution >= 0.6 is 0 Å². The van der Waals surface area contributed by atoms with Crippen LogP contribution in [0, 0.1) is 11.3 Å². The Kier molecular flexibility index (Phi) is 3.23. The first-order chi connectivity index (χ1) is 7.73. The van der Waals surface area contributed by atoms with Crippen molar-refractivity contribution >= 4 is 0 Å². The Labute approximate surface area is 95.3 Å². The Morgan fingerprint density at radius 2 is 2.00 bits per heavy atom. The van der Waals surface area contributed by atoms with Gasteiger partial charge < -0.3 is 9.84 Å². The summed E-state index contributed by atoms with van der Waals surface area (Å²) in [7, 11) is 0. The van der Waals surface area contributed by atoms with Gasteiger partial charge in [-0.15, -0.1) is 0 Å². The molecule has 16 heavy (non-hydrogen) atoms. The van der Waals surface area contributed by atoms with E-state index in [2.05, 4.69) is 6.07 Å². The standard InChI is InChI=1S/C13H15NO2/c14-10-12-4-2-1-3-11(12)9-13(15)5-7-16-8-6-13/h1-4,15H,5-9H2. The van der Waals surface area contributed by atoms with E-state index in [4.69, 9.17) is 10.00 Å². The van der Waals surface area contributed by atoms with Crippen LogP contribution < -0.4 is 0 Å². The number of ether oxygens (including phenoxy) is 1. The predicted molar refractivity (Wildman–Crippen MR) is 59.9 cm³/mol. The van der Waals surface area contributed by atoms with E-state index in [-0.39, 0.29) is 0 Å². The van der Waals surface area contributed by atoms with E-state index >= 15 is 0 Å². The third-order valence-electron chi connectivity index (χ3n) is 3.08. The monoisotopic (exact) mass is 217 g/mol. The normalized spacial score (nSPS) is 19.0. The van der Waals surface area contributed by atoms with E-state index in [1.807, 2.05) is 18.2 Å². The average Bonchev–Trinajstić information content (AvgIpc) is 2.30. The van der Waals surface area contributed by atoms with E-state index in [9.17, 15) is 5.11 Å². The Hall–Kier alpha value is -1.37. The highest BCUT2D eigenvalue weighted by Gasteiger charge is 2.30. The van der Waals surface area contributed by atoms with Crippen LogP contribution in [0.2, 0.25) is 0 Å². The van der Waals surface area contributed by atoms with Gasteiger partial charge in [0.2, 0.25) is 0 Å². The molecule has 0 unspecified atom stereocenters. The number of hydrogen-bond donors (Lipinski definition) is 1. The lowest BCUT2D eigenvalue weighted by Crippen LogP contribution is -2.38. The summed E-state index contributed by atoms with van der Waals surface area (Å²) in [6, 6.07) is 9.60. The fourth-order valence-electron chi connectivity index (χ4n) is 2.07. The Bertz CT molecular complexity index is 403. The second-order valence-corrected chi connectivity index (χ2v) is 4.28. The highest BCUT2D eigenvalue weighted by Crippen LogP contribution is 2.26. The quantitative estimate of drug-likeness (QED) is 0.819. The lowest BCUT2D eigenvalue weighted by Gasteiger charge is -2.32. The molecular weight excluding hydrogens is 202 g/mol. The van der Waals surface area contributed by atoms with Gasteiger partial charge >= 0.3 is 0 Å². The summed E-state index contributed by atoms with van der Waals surface area (Å²) in [4.78, 5) is 0. The topological polar surface area (TPSA) is 53.2 Å². The molecule has 0 bridgehead atoms. The number of rotatable bonds is 2. The van der Waals surface area contributed by atoms with Crippen LogP contribution in [0.5, 0.6) is 0 Å². The molecular formula is C13H15NO2. The van der Waals surface area contributed by atoms with Gasteiger partial charge in [-0.05, 0) is 24.5 Å². The molecule has 1 saturated heterocycles. The van der Waals surface area contributed by atoms with Gasteiger partial charge in [0.1, 0.15) is 0 Å². The summed E-state index contributed by atoms with van der Waals surface area (Å²) in [6.45, 7) is 1.20. The molecule has 3 heteroatoms. The maximum absolute atomic E-state index is 10.4. The molecule has 0 atom stereocenters. The smallest absolute Gasteiger partial charge is 0.0994 e. The van der Waals surface area contributed by atoms with Crippen molar-refractivity contribution in [1.82, 2.24) is 0 Å². The lowest BCUT2D eigenvalue weighted by molar-refractivity contribution is -0.0626. The van der Waals surface area contributed by atoms with E-state index < -0.39 is 5.60 Å². The summed E-state index contributed by atoms with van der Waals surface area (Å²) in [5.74, 6) is 0. The van der Waals surface area contributed by atoms with Crippen molar-refractivity contribution in [1.29, 1.82) is 5.26 Å². The summed E-state index contributed by atoms with van der Waals surface area (Å²) in [5, 5.41) is 19.3. The third kappa shape index (κ3) is 2.41. The molecule has 0 radical (unpaired) electrons. The molecule has 1 fully saturated rings. The third-order valence-corrected chi connectivity index (χ3v) is 3.08. The molecule has 0 aromatic heterocycles. The maximum atomic E-state index is 10.4. The fourth-order valence-corrected chi connectivity index (χ4v) is 2.07. The van der Waals surface area contributed by atoms with E-state index in [1.165, 1.54) is 0 Å². The van der Waals surface area contributed by atoms with Crippen molar-refractivity contribution in [3.63, 3.8) is 0 Å². The van der Waals surface area contributed by atoms with Gasteiger partial charge in [0, 0.05) is 19.6 Å². The van der Waals surface area contributed by atoms with Gasteiger partial charge in [-0.1, -0.05) is 18.2 Å². The predicted octanol–water partition coefficient (Wildman–Crippen LogP) is 1.64. The second kappa shape index (κ2) is 4.65. The number of benzene rings is 1. The molecule has 1 heterocycles. The molecule has 1 aliphatic heterocycles. The molecule has 0 amide bonds. The SMILES string of the molecule is N#Cc1ccccc1CC1(O)CCOCC1. The van der Waals surface area contributed by atoms with E-state index in [0.29, 0.717) is 38.0 Å². The Balaban J connectivity index is 2.16. The number of nitriles is 1. The summed E-state index contributed by atoms with van der Waals surface area (Å²) >= 11 is 0. The number of hydrogen-bond acceptors (Lipinski definition) is 3. The number of aliphatic hydroxyl groups is 1. The summed E-state index contributed by atoms with van der Waals surface area (Å²) in [6.07, 6.45) is 1.83. The van der Waals surface area contributed by atoms with Crippen molar-refractivity contribution in [3.8, 4) is 6.07 Å². The highest BCUT2D eigenvalue weighted by molar-refractivity contribution is 5.38. The first-order valence-electron chi connectivity index (χ1n) is 5.52. The van der Waals surface area contributed by atoms with Gasteiger partial charge in [0.15, 0.2) is 0 Å². The minimum Gasteiger partial charge on any atom is -0.389 e. The summed E-state index contributed by atoms with van der Waals surface area (Å²) < 4.78 is 5.23. The van der Waals surface area contributed by atoms with Crippen molar-refractivity contribution in [2.75, 3.05) is 13.2 Å². The molecule has 1 aliphatic rings. The van der Waals surface area contributed by atoms with Gasteiger partial charge in [0.05, 0.1) is 17.2 Å². The molecule has 2 rings (SSSR count). The second-order valence-electron chi connectivity index (χ2n) is 4.28. The van der Waals surface area contributed by atoms with Gasteiger partial charge in [-0.2, -0.15) is 5.26 Å². The fraction of sp³-hybridized carbons (Fsp3) is 0.462. The largest absolute Gasteiger partial charge is 0.389 e. The van der Waals surface area contributed by atoms with Gasteiger partial charge in [-0.3, -0.25) is 0 Å². The highest BCUT2D eigenvalue weighted by atomic mass is 16.5. The lowest BCUT2D eigenvalue weighted by atomic mass is 9.86. The van der Waals surface area contributed by atoms with E-state index in [0.717, 1.165) is 5.56 Å². The summed E-state index contributed by atoms with van der Waals surface area (Å²) in [5.41, 5.74) is 0.877. The first kappa shape index (κ1) is 11.1. The molecule has 3 nitrogen and oxygen atoms in total. The molecule has 1 N–H and O–H groups in total. The van der Waals surface area contributed by atoms with Crippen LogP contribution in [-0.4, -0.2) is 23.9 Å². The Morgan fingerprint density at radius 1 is 1.31 bits per heavy atom. The van der Waals surface area contributed by atoms with Crippen LogP contribution in [0.1, 0.15) is 24.0 Å². The molecule has 0 saturated carbocycles. The van der Waals surface area contributed by atoms with Gasteiger partial charge in [0.25, 0.3) is 0 Å².